The van der Waals surface area contributed by atoms with Crippen molar-refractivity contribution in [1.29, 1.82) is 5.26 Å². The SMILES string of the molecule is CO[C@@H]1CCN(c2ccc(-c3cc(=O)c(C(=O)O)cn3-c3ccc4nc(N5CC6COCC6C5)oc4c3)cc2C#N)C1. The van der Waals surface area contributed by atoms with Gasteiger partial charge in [0.2, 0.25) is 0 Å². The van der Waals surface area contributed by atoms with Crippen LogP contribution in [0, 0.1) is 23.2 Å². The summed E-state index contributed by atoms with van der Waals surface area (Å²) >= 11 is 0. The Morgan fingerprint density at radius 3 is 2.62 bits per heavy atom. The van der Waals surface area contributed by atoms with E-state index in [1.165, 1.54) is 12.3 Å². The van der Waals surface area contributed by atoms with Crippen LogP contribution in [0.25, 0.3) is 28.0 Å². The van der Waals surface area contributed by atoms with Gasteiger partial charge < -0.3 is 33.4 Å². The molecule has 2 unspecified atom stereocenters. The summed E-state index contributed by atoms with van der Waals surface area (Å²) in [4.78, 5) is 33.7. The van der Waals surface area contributed by atoms with E-state index in [0.717, 1.165) is 45.0 Å². The average Bonchev–Trinajstić information content (AvgIpc) is 3.79. The van der Waals surface area contributed by atoms with E-state index >= 15 is 0 Å². The third-order valence-corrected chi connectivity index (χ3v) is 8.66. The Morgan fingerprint density at radius 2 is 1.90 bits per heavy atom. The van der Waals surface area contributed by atoms with Gasteiger partial charge in [0, 0.05) is 74.7 Å². The van der Waals surface area contributed by atoms with Crippen LogP contribution in [-0.4, -0.2) is 73.2 Å². The Bertz CT molecular complexity index is 1790. The monoisotopic (exact) mass is 567 g/mol. The molecule has 0 radical (unpaired) electrons. The molecule has 11 heteroatoms. The van der Waals surface area contributed by atoms with Crippen LogP contribution in [0.1, 0.15) is 22.3 Å². The Labute approximate surface area is 241 Å². The largest absolute Gasteiger partial charge is 0.477 e. The maximum Gasteiger partial charge on any atom is 0.341 e. The van der Waals surface area contributed by atoms with Gasteiger partial charge in [-0.15, -0.1) is 0 Å². The van der Waals surface area contributed by atoms with Crippen molar-refractivity contribution < 1.29 is 23.8 Å². The van der Waals surface area contributed by atoms with E-state index in [1.807, 2.05) is 24.3 Å². The van der Waals surface area contributed by atoms with Gasteiger partial charge in [0.15, 0.2) is 11.0 Å². The summed E-state index contributed by atoms with van der Waals surface area (Å²) in [6.45, 7) is 4.64. The molecule has 1 N–H and O–H groups in total. The lowest BCUT2D eigenvalue weighted by Crippen LogP contribution is -2.23. The number of aromatic carboxylic acids is 1. The number of hydrogen-bond donors (Lipinski definition) is 1. The number of benzene rings is 2. The van der Waals surface area contributed by atoms with Gasteiger partial charge in [-0.25, -0.2) is 4.79 Å². The molecule has 3 saturated heterocycles. The summed E-state index contributed by atoms with van der Waals surface area (Å²) in [7, 11) is 1.69. The normalized spacial score (nSPS) is 21.7. The van der Waals surface area contributed by atoms with Crippen LogP contribution in [0.4, 0.5) is 11.7 Å². The predicted molar refractivity (Wildman–Crippen MR) is 154 cm³/mol. The van der Waals surface area contributed by atoms with Crippen molar-refractivity contribution in [2.45, 2.75) is 12.5 Å². The second kappa shape index (κ2) is 10.3. The van der Waals surface area contributed by atoms with Crippen LogP contribution in [0.3, 0.4) is 0 Å². The van der Waals surface area contributed by atoms with Crippen molar-refractivity contribution in [3.8, 4) is 23.0 Å². The number of oxazole rings is 1. The minimum Gasteiger partial charge on any atom is -0.477 e. The smallest absolute Gasteiger partial charge is 0.341 e. The van der Waals surface area contributed by atoms with E-state index in [2.05, 4.69) is 15.9 Å². The van der Waals surface area contributed by atoms with Crippen LogP contribution >= 0.6 is 0 Å². The molecular formula is C31H29N5O6. The fourth-order valence-electron chi connectivity index (χ4n) is 6.36. The van der Waals surface area contributed by atoms with E-state index < -0.39 is 11.4 Å². The van der Waals surface area contributed by atoms with Gasteiger partial charge in [-0.05, 0) is 30.7 Å². The quantitative estimate of drug-likeness (QED) is 0.369. The lowest BCUT2D eigenvalue weighted by molar-refractivity contribution is 0.0695. The number of pyridine rings is 1. The van der Waals surface area contributed by atoms with Crippen LogP contribution in [-0.2, 0) is 9.47 Å². The second-order valence-electron chi connectivity index (χ2n) is 11.2. The van der Waals surface area contributed by atoms with Gasteiger partial charge in [-0.3, -0.25) is 4.79 Å². The molecule has 0 aliphatic carbocycles. The molecule has 214 valence electrons. The molecule has 11 nitrogen and oxygen atoms in total. The molecule has 0 saturated carbocycles. The topological polar surface area (TPSA) is 134 Å². The van der Waals surface area contributed by atoms with Crippen molar-refractivity contribution in [2.24, 2.45) is 11.8 Å². The number of carbonyl (C=O) groups is 1. The maximum atomic E-state index is 12.9. The van der Waals surface area contributed by atoms with Gasteiger partial charge in [0.25, 0.3) is 6.01 Å². The number of anilines is 2. The van der Waals surface area contributed by atoms with Crippen molar-refractivity contribution >= 4 is 28.8 Å². The molecule has 4 aromatic rings. The van der Waals surface area contributed by atoms with E-state index in [4.69, 9.17) is 18.9 Å². The molecular weight excluding hydrogens is 538 g/mol. The Kier molecular flexibility index (Phi) is 6.45. The average molecular weight is 568 g/mol. The number of aromatic nitrogens is 2. The molecule has 2 aromatic carbocycles. The highest BCUT2D eigenvalue weighted by atomic mass is 16.5. The number of nitrogens with zero attached hydrogens (tertiary/aromatic N) is 5. The summed E-state index contributed by atoms with van der Waals surface area (Å²) in [6.07, 6.45) is 2.30. The van der Waals surface area contributed by atoms with E-state index in [9.17, 15) is 20.0 Å². The van der Waals surface area contributed by atoms with Crippen molar-refractivity contribution in [3.05, 3.63) is 70.0 Å². The van der Waals surface area contributed by atoms with Gasteiger partial charge in [0.05, 0.1) is 36.3 Å². The highest BCUT2D eigenvalue weighted by molar-refractivity contribution is 5.88. The van der Waals surface area contributed by atoms with Crippen molar-refractivity contribution in [1.82, 2.24) is 9.55 Å². The molecule has 0 bridgehead atoms. The Morgan fingerprint density at radius 1 is 1.10 bits per heavy atom. The molecule has 5 heterocycles. The minimum atomic E-state index is -1.32. The maximum absolute atomic E-state index is 12.9. The summed E-state index contributed by atoms with van der Waals surface area (Å²) in [5.74, 6) is -0.364. The zero-order valence-electron chi connectivity index (χ0n) is 23.0. The lowest BCUT2D eigenvalue weighted by atomic mass is 10.0. The van der Waals surface area contributed by atoms with Gasteiger partial charge in [-0.2, -0.15) is 10.2 Å². The Hall–Kier alpha value is -4.66. The number of ether oxygens (including phenoxy) is 2. The van der Waals surface area contributed by atoms with E-state index in [-0.39, 0.29) is 11.7 Å². The van der Waals surface area contributed by atoms with E-state index in [1.54, 1.807) is 23.8 Å². The molecule has 42 heavy (non-hydrogen) atoms. The molecule has 0 spiro atoms. The van der Waals surface area contributed by atoms with Gasteiger partial charge in [-0.1, -0.05) is 6.07 Å². The van der Waals surface area contributed by atoms with Crippen LogP contribution in [0.5, 0.6) is 0 Å². The first-order chi connectivity index (χ1) is 20.4. The van der Waals surface area contributed by atoms with Gasteiger partial charge in [0.1, 0.15) is 17.1 Å². The zero-order valence-corrected chi connectivity index (χ0v) is 23.0. The van der Waals surface area contributed by atoms with Crippen molar-refractivity contribution in [3.63, 3.8) is 0 Å². The predicted octanol–water partition coefficient (Wildman–Crippen LogP) is 3.52. The Balaban J connectivity index is 1.29. The molecule has 3 aliphatic rings. The summed E-state index contributed by atoms with van der Waals surface area (Å²) < 4.78 is 18.9. The van der Waals surface area contributed by atoms with Gasteiger partial charge >= 0.3 is 5.97 Å². The number of nitriles is 1. The molecule has 2 aromatic heterocycles. The summed E-state index contributed by atoms with van der Waals surface area (Å²) in [5.41, 5.74) is 3.16. The molecule has 3 atom stereocenters. The highest BCUT2D eigenvalue weighted by Crippen LogP contribution is 2.35. The first-order valence-corrected chi connectivity index (χ1v) is 14.0. The third kappa shape index (κ3) is 4.49. The third-order valence-electron chi connectivity index (χ3n) is 8.66. The standard InChI is InChI=1S/C31H29N5O6/c1-40-23-6-7-34(14-23)26-5-2-18(8-19(26)11-32)27-10-28(37)24(30(38)39)15-36(27)22-3-4-25-29(9-22)42-31(33-25)35-12-20-16-41-17-21(20)13-35/h2-5,8-10,15,20-21,23H,6-7,12-14,16-17H2,1H3,(H,38,39)/t20?,21?,23-/m1/s1. The van der Waals surface area contributed by atoms with Crippen LogP contribution in [0.15, 0.2) is 57.9 Å². The van der Waals surface area contributed by atoms with Crippen LogP contribution in [0.2, 0.25) is 0 Å². The first kappa shape index (κ1) is 26.3. The number of methoxy groups -OCH3 is 1. The summed E-state index contributed by atoms with van der Waals surface area (Å²) in [6, 6.07) is 15.0. The molecule has 0 amide bonds. The molecule has 3 aliphatic heterocycles. The number of fused-ring (bicyclic) bond motifs is 2. The fraction of sp³-hybridized carbons (Fsp3) is 0.355. The lowest BCUT2D eigenvalue weighted by Gasteiger charge is -2.21. The molecule has 7 rings (SSSR count). The number of rotatable bonds is 6. The van der Waals surface area contributed by atoms with Crippen molar-refractivity contribution in [2.75, 3.05) is 56.3 Å². The van der Waals surface area contributed by atoms with Crippen LogP contribution < -0.4 is 15.2 Å². The fourth-order valence-corrected chi connectivity index (χ4v) is 6.36. The second-order valence-corrected chi connectivity index (χ2v) is 11.2. The number of carboxylic acids is 1. The number of hydrogen-bond acceptors (Lipinski definition) is 9. The minimum absolute atomic E-state index is 0.107. The van der Waals surface area contributed by atoms with E-state index in [0.29, 0.717) is 58.0 Å². The molecule has 3 fully saturated rings. The highest BCUT2D eigenvalue weighted by Gasteiger charge is 2.38. The first-order valence-electron chi connectivity index (χ1n) is 14.0. The zero-order chi connectivity index (χ0) is 29.0. The summed E-state index contributed by atoms with van der Waals surface area (Å²) in [5, 5.41) is 19.7. The number of carboxylic acid groups (broad SMARTS) is 1.